The molecule has 2 heterocycles. The number of anilines is 1. The van der Waals surface area contributed by atoms with Crippen molar-refractivity contribution in [2.45, 2.75) is 0 Å². The van der Waals surface area contributed by atoms with Crippen molar-refractivity contribution in [3.63, 3.8) is 0 Å². The molecule has 0 saturated carbocycles. The minimum Gasteiger partial charge on any atom is -0.383 e. The molecule has 0 fully saturated rings. The highest BCUT2D eigenvalue weighted by atomic mass is 35.5. The van der Waals surface area contributed by atoms with Gasteiger partial charge in [0.1, 0.15) is 11.0 Å². The summed E-state index contributed by atoms with van der Waals surface area (Å²) in [5, 5.41) is 3.19. The zero-order valence-electron chi connectivity index (χ0n) is 6.71. The molecule has 1 aliphatic heterocycles. The van der Waals surface area contributed by atoms with Crippen LogP contribution < -0.4 is 11.1 Å². The lowest BCUT2D eigenvalue weighted by molar-refractivity contribution is 1.22. The summed E-state index contributed by atoms with van der Waals surface area (Å²) in [4.78, 5) is 7.97. The summed E-state index contributed by atoms with van der Waals surface area (Å²) in [6, 6.07) is 1.65. The second-order valence-corrected chi connectivity index (χ2v) is 2.99. The molecule has 3 N–H and O–H groups in total. The van der Waals surface area contributed by atoms with E-state index in [9.17, 15) is 0 Å². The van der Waals surface area contributed by atoms with Crippen LogP contribution in [0.4, 0.5) is 11.5 Å². The molecule has 0 amide bonds. The third kappa shape index (κ3) is 1.25. The van der Waals surface area contributed by atoms with Crippen LogP contribution in [-0.2, 0) is 0 Å². The molecule has 0 radical (unpaired) electrons. The molecular weight excluding hydrogens is 188 g/mol. The van der Waals surface area contributed by atoms with Crippen molar-refractivity contribution in [2.75, 3.05) is 5.73 Å². The molecule has 1 aliphatic rings. The first-order valence-corrected chi connectivity index (χ1v) is 4.00. The lowest BCUT2D eigenvalue weighted by atomic mass is 10.1. The second kappa shape index (κ2) is 2.74. The normalized spacial score (nSPS) is 13.8. The standard InChI is InChI=1S/C8H7ClN4/c1-4-7-5(12-3-11-4)2-6(9)13-8(7)10/h2-3H,1H2,(H2,10,13)(H,11,12). The number of aliphatic imine (C=N–C) groups is 1. The molecule has 0 aromatic carbocycles. The van der Waals surface area contributed by atoms with Crippen LogP contribution in [0.15, 0.2) is 17.6 Å². The highest BCUT2D eigenvalue weighted by molar-refractivity contribution is 6.30. The highest BCUT2D eigenvalue weighted by Gasteiger charge is 2.14. The maximum absolute atomic E-state index is 5.71. The van der Waals surface area contributed by atoms with Gasteiger partial charge in [0.05, 0.1) is 17.6 Å². The summed E-state index contributed by atoms with van der Waals surface area (Å²) in [7, 11) is 0. The van der Waals surface area contributed by atoms with Crippen molar-refractivity contribution in [2.24, 2.45) is 4.99 Å². The molecule has 5 heteroatoms. The predicted octanol–water partition coefficient (Wildman–Crippen LogP) is 1.55. The molecule has 4 nitrogen and oxygen atoms in total. The molecule has 0 spiro atoms. The van der Waals surface area contributed by atoms with Gasteiger partial charge in [-0.15, -0.1) is 0 Å². The fourth-order valence-corrected chi connectivity index (χ4v) is 1.38. The van der Waals surface area contributed by atoms with Crippen molar-refractivity contribution >= 4 is 35.1 Å². The fourth-order valence-electron chi connectivity index (χ4n) is 1.18. The van der Waals surface area contributed by atoms with Gasteiger partial charge in [-0.25, -0.2) is 9.98 Å². The third-order valence-electron chi connectivity index (χ3n) is 1.74. The molecule has 2 rings (SSSR count). The van der Waals surface area contributed by atoms with Gasteiger partial charge in [-0.2, -0.15) is 0 Å². The fraction of sp³-hybridized carbons (Fsp3) is 0. The number of rotatable bonds is 0. The minimum absolute atomic E-state index is 0.336. The van der Waals surface area contributed by atoms with Crippen molar-refractivity contribution in [1.29, 1.82) is 0 Å². The van der Waals surface area contributed by atoms with Crippen molar-refractivity contribution < 1.29 is 0 Å². The van der Waals surface area contributed by atoms with E-state index >= 15 is 0 Å². The summed E-state index contributed by atoms with van der Waals surface area (Å²) in [6.45, 7) is 3.78. The summed E-state index contributed by atoms with van der Waals surface area (Å²) in [5.74, 6) is 0.344. The summed E-state index contributed by atoms with van der Waals surface area (Å²) in [5.41, 5.74) is 7.76. The van der Waals surface area contributed by atoms with Crippen LogP contribution in [0.25, 0.3) is 5.70 Å². The van der Waals surface area contributed by atoms with E-state index < -0.39 is 0 Å². The number of nitrogen functional groups attached to an aromatic ring is 1. The Morgan fingerprint density at radius 3 is 3.08 bits per heavy atom. The second-order valence-electron chi connectivity index (χ2n) is 2.61. The molecule has 0 bridgehead atoms. The van der Waals surface area contributed by atoms with E-state index in [1.807, 2.05) is 0 Å². The Hall–Kier alpha value is -1.55. The molecule has 1 aromatic rings. The number of nitrogens with two attached hydrogens (primary N) is 1. The van der Waals surface area contributed by atoms with Crippen molar-refractivity contribution in [3.8, 4) is 0 Å². The first-order valence-electron chi connectivity index (χ1n) is 3.63. The maximum Gasteiger partial charge on any atom is 0.136 e. The third-order valence-corrected chi connectivity index (χ3v) is 1.93. The predicted molar refractivity (Wildman–Crippen MR) is 54.0 cm³/mol. The number of hydrogen-bond acceptors (Lipinski definition) is 4. The Morgan fingerprint density at radius 2 is 2.31 bits per heavy atom. The Labute approximate surface area is 80.1 Å². The van der Waals surface area contributed by atoms with Gasteiger partial charge in [-0.1, -0.05) is 18.2 Å². The Balaban J connectivity index is 2.71. The quantitative estimate of drug-likeness (QED) is 0.616. The molecule has 1 aromatic heterocycles. The molecule has 0 unspecified atom stereocenters. The molecule has 0 saturated heterocycles. The average molecular weight is 195 g/mol. The summed E-state index contributed by atoms with van der Waals surface area (Å²) in [6.07, 6.45) is 1.54. The van der Waals surface area contributed by atoms with Crippen LogP contribution in [0.1, 0.15) is 5.56 Å². The number of halogens is 1. The molecular formula is C8H7ClN4. The average Bonchev–Trinajstić information content (AvgIpc) is 2.02. The van der Waals surface area contributed by atoms with Crippen molar-refractivity contribution in [1.82, 2.24) is 10.3 Å². The Bertz CT molecular complexity index is 411. The summed E-state index contributed by atoms with van der Waals surface area (Å²) >= 11 is 5.71. The van der Waals surface area contributed by atoms with Gasteiger partial charge in [-0.05, 0) is 0 Å². The maximum atomic E-state index is 5.71. The topological polar surface area (TPSA) is 63.3 Å². The van der Waals surface area contributed by atoms with E-state index in [2.05, 4.69) is 21.9 Å². The SMILES string of the molecule is C=C1NC=Nc2cc(Cl)nc(N)c21. The summed E-state index contributed by atoms with van der Waals surface area (Å²) < 4.78 is 0. The lowest BCUT2D eigenvalue weighted by Gasteiger charge is -2.15. The van der Waals surface area contributed by atoms with E-state index in [1.165, 1.54) is 0 Å². The molecule has 66 valence electrons. The van der Waals surface area contributed by atoms with Crippen LogP contribution in [-0.4, -0.2) is 11.3 Å². The highest BCUT2D eigenvalue weighted by Crippen LogP contribution is 2.32. The van der Waals surface area contributed by atoms with Crippen LogP contribution in [0, 0.1) is 0 Å². The zero-order valence-corrected chi connectivity index (χ0v) is 7.47. The van der Waals surface area contributed by atoms with E-state index in [4.69, 9.17) is 17.3 Å². The number of aromatic nitrogens is 1. The largest absolute Gasteiger partial charge is 0.383 e. The number of nitrogens with one attached hydrogen (secondary N) is 1. The monoisotopic (exact) mass is 194 g/mol. The first-order chi connectivity index (χ1) is 6.18. The Kier molecular flexibility index (Phi) is 1.70. The van der Waals surface area contributed by atoms with E-state index in [1.54, 1.807) is 12.4 Å². The van der Waals surface area contributed by atoms with Gasteiger partial charge in [0, 0.05) is 11.8 Å². The smallest absolute Gasteiger partial charge is 0.136 e. The van der Waals surface area contributed by atoms with Gasteiger partial charge in [0.15, 0.2) is 0 Å². The zero-order chi connectivity index (χ0) is 9.42. The lowest BCUT2D eigenvalue weighted by Crippen LogP contribution is -2.14. The minimum atomic E-state index is 0.336. The van der Waals surface area contributed by atoms with Crippen LogP contribution in [0.5, 0.6) is 0 Å². The number of hydrogen-bond donors (Lipinski definition) is 2. The van der Waals surface area contributed by atoms with Crippen LogP contribution >= 0.6 is 11.6 Å². The van der Waals surface area contributed by atoms with Gasteiger partial charge in [0.2, 0.25) is 0 Å². The number of fused-ring (bicyclic) bond motifs is 1. The number of pyridine rings is 1. The Morgan fingerprint density at radius 1 is 1.54 bits per heavy atom. The van der Waals surface area contributed by atoms with Gasteiger partial charge in [0.25, 0.3) is 0 Å². The van der Waals surface area contributed by atoms with Crippen LogP contribution in [0.2, 0.25) is 5.15 Å². The van der Waals surface area contributed by atoms with E-state index in [0.717, 1.165) is 0 Å². The molecule has 0 atom stereocenters. The van der Waals surface area contributed by atoms with Crippen molar-refractivity contribution in [3.05, 3.63) is 23.4 Å². The van der Waals surface area contributed by atoms with Gasteiger partial charge >= 0.3 is 0 Å². The number of nitrogens with zero attached hydrogens (tertiary/aromatic N) is 2. The van der Waals surface area contributed by atoms with E-state index in [-0.39, 0.29) is 0 Å². The van der Waals surface area contributed by atoms with Gasteiger partial charge < -0.3 is 11.1 Å². The van der Waals surface area contributed by atoms with Crippen LogP contribution in [0.3, 0.4) is 0 Å². The first kappa shape index (κ1) is 8.07. The van der Waals surface area contributed by atoms with Gasteiger partial charge in [-0.3, -0.25) is 0 Å². The molecule has 0 aliphatic carbocycles. The van der Waals surface area contributed by atoms with E-state index in [0.29, 0.717) is 27.9 Å². The molecule has 13 heavy (non-hydrogen) atoms.